The number of aryl methyl sites for hydroxylation is 1. The molecule has 0 spiro atoms. The highest BCUT2D eigenvalue weighted by atomic mass is 19.2. The number of fused-ring (bicyclic) bond motifs is 1. The molecule has 3 nitrogen and oxygen atoms in total. The molecule has 0 aliphatic rings. The molecule has 2 aromatic carbocycles. The average Bonchev–Trinajstić information content (AvgIpc) is 2.78. The zero-order valence-electron chi connectivity index (χ0n) is 11.1. The summed E-state index contributed by atoms with van der Waals surface area (Å²) in [5.41, 5.74) is 1.48. The number of hydrogen-bond donors (Lipinski definition) is 1. The summed E-state index contributed by atoms with van der Waals surface area (Å²) in [6.45, 7) is 0. The van der Waals surface area contributed by atoms with Gasteiger partial charge < -0.3 is 9.67 Å². The van der Waals surface area contributed by atoms with Crippen LogP contribution in [0.5, 0.6) is 0 Å². The van der Waals surface area contributed by atoms with Gasteiger partial charge in [-0.3, -0.25) is 0 Å². The lowest BCUT2D eigenvalue weighted by Crippen LogP contribution is -1.96. The standard InChI is InChI=1S/C16H11F2NO2/c1-19-8-12(11-3-2-4-13(17)15(11)18)10-6-5-9(16(20)21)7-14(10)19/h2-8H,1H3,(H,20,21). The van der Waals surface area contributed by atoms with E-state index in [9.17, 15) is 13.6 Å². The van der Waals surface area contributed by atoms with Crippen molar-refractivity contribution in [3.05, 3.63) is 59.8 Å². The van der Waals surface area contributed by atoms with Crippen molar-refractivity contribution in [2.45, 2.75) is 0 Å². The van der Waals surface area contributed by atoms with Gasteiger partial charge in [0.25, 0.3) is 0 Å². The molecule has 0 unspecified atom stereocenters. The average molecular weight is 287 g/mol. The molecule has 106 valence electrons. The SMILES string of the molecule is Cn1cc(-c2cccc(F)c2F)c2ccc(C(=O)O)cc21. The molecule has 1 N–H and O–H groups in total. The third kappa shape index (κ3) is 2.07. The van der Waals surface area contributed by atoms with Gasteiger partial charge in [-0.25, -0.2) is 13.6 Å². The number of aromatic carboxylic acids is 1. The minimum atomic E-state index is -1.03. The van der Waals surface area contributed by atoms with Crippen molar-refractivity contribution >= 4 is 16.9 Å². The third-order valence-corrected chi connectivity index (χ3v) is 3.48. The van der Waals surface area contributed by atoms with Gasteiger partial charge in [0.15, 0.2) is 11.6 Å². The maximum atomic E-state index is 14.0. The summed E-state index contributed by atoms with van der Waals surface area (Å²) < 4.78 is 29.0. The molecule has 0 aliphatic heterocycles. The molecule has 5 heteroatoms. The van der Waals surface area contributed by atoms with E-state index in [1.807, 2.05) is 0 Å². The van der Waals surface area contributed by atoms with Crippen molar-refractivity contribution in [2.75, 3.05) is 0 Å². The molecule has 0 saturated carbocycles. The van der Waals surface area contributed by atoms with Crippen molar-refractivity contribution in [1.29, 1.82) is 0 Å². The summed E-state index contributed by atoms with van der Waals surface area (Å²) in [4.78, 5) is 11.0. The molecule has 21 heavy (non-hydrogen) atoms. The number of hydrogen-bond acceptors (Lipinski definition) is 1. The highest BCUT2D eigenvalue weighted by Gasteiger charge is 2.16. The Morgan fingerprint density at radius 1 is 1.14 bits per heavy atom. The predicted octanol–water partition coefficient (Wildman–Crippen LogP) is 3.82. The molecule has 3 rings (SSSR count). The molecular formula is C16H11F2NO2. The van der Waals surface area contributed by atoms with E-state index in [2.05, 4.69) is 0 Å². The van der Waals surface area contributed by atoms with Crippen molar-refractivity contribution in [1.82, 2.24) is 4.57 Å². The molecule has 0 amide bonds. The van der Waals surface area contributed by atoms with Crippen LogP contribution in [0.15, 0.2) is 42.6 Å². The maximum absolute atomic E-state index is 14.0. The monoisotopic (exact) mass is 287 g/mol. The van der Waals surface area contributed by atoms with Crippen LogP contribution < -0.4 is 0 Å². The van der Waals surface area contributed by atoms with E-state index in [1.54, 1.807) is 23.9 Å². The van der Waals surface area contributed by atoms with E-state index in [-0.39, 0.29) is 11.1 Å². The Hall–Kier alpha value is -2.69. The highest BCUT2D eigenvalue weighted by Crippen LogP contribution is 2.33. The molecule has 1 heterocycles. The van der Waals surface area contributed by atoms with E-state index in [0.29, 0.717) is 16.5 Å². The van der Waals surface area contributed by atoms with Crippen LogP contribution in [0.2, 0.25) is 0 Å². The Bertz CT molecular complexity index is 868. The molecule has 0 radical (unpaired) electrons. The second kappa shape index (κ2) is 4.70. The van der Waals surface area contributed by atoms with Crippen LogP contribution in [0.25, 0.3) is 22.0 Å². The number of carboxylic acid groups (broad SMARTS) is 1. The van der Waals surface area contributed by atoms with E-state index < -0.39 is 17.6 Å². The first-order valence-electron chi connectivity index (χ1n) is 6.26. The van der Waals surface area contributed by atoms with Crippen LogP contribution in [0.4, 0.5) is 8.78 Å². The van der Waals surface area contributed by atoms with Crippen LogP contribution in [0.1, 0.15) is 10.4 Å². The normalized spacial score (nSPS) is 11.0. The van der Waals surface area contributed by atoms with Gasteiger partial charge in [0.2, 0.25) is 0 Å². The molecule has 0 fully saturated rings. The molecular weight excluding hydrogens is 276 g/mol. The van der Waals surface area contributed by atoms with Crippen LogP contribution in [0.3, 0.4) is 0 Å². The van der Waals surface area contributed by atoms with Gasteiger partial charge >= 0.3 is 5.97 Å². The fourth-order valence-corrected chi connectivity index (χ4v) is 2.44. The van der Waals surface area contributed by atoms with E-state index in [0.717, 1.165) is 6.07 Å². The Labute approximate surface area is 119 Å². The fraction of sp³-hybridized carbons (Fsp3) is 0.0625. The zero-order valence-corrected chi connectivity index (χ0v) is 11.1. The first-order valence-corrected chi connectivity index (χ1v) is 6.26. The van der Waals surface area contributed by atoms with Crippen LogP contribution >= 0.6 is 0 Å². The lowest BCUT2D eigenvalue weighted by atomic mass is 10.0. The molecule has 0 atom stereocenters. The summed E-state index contributed by atoms with van der Waals surface area (Å²) in [5.74, 6) is -2.85. The molecule has 0 bridgehead atoms. The van der Waals surface area contributed by atoms with Crippen LogP contribution in [-0.2, 0) is 7.05 Å². The van der Waals surface area contributed by atoms with Crippen molar-refractivity contribution in [2.24, 2.45) is 7.05 Å². The largest absolute Gasteiger partial charge is 0.478 e. The zero-order chi connectivity index (χ0) is 15.1. The van der Waals surface area contributed by atoms with E-state index >= 15 is 0 Å². The van der Waals surface area contributed by atoms with Gasteiger partial charge in [-0.15, -0.1) is 0 Å². The number of carboxylic acids is 1. The van der Waals surface area contributed by atoms with Gasteiger partial charge in [-0.05, 0) is 18.2 Å². The van der Waals surface area contributed by atoms with E-state index in [1.165, 1.54) is 24.3 Å². The molecule has 0 saturated heterocycles. The van der Waals surface area contributed by atoms with Gasteiger partial charge in [-0.1, -0.05) is 18.2 Å². The Morgan fingerprint density at radius 2 is 1.90 bits per heavy atom. The van der Waals surface area contributed by atoms with Crippen molar-refractivity contribution < 1.29 is 18.7 Å². The summed E-state index contributed by atoms with van der Waals surface area (Å²) in [6.07, 6.45) is 1.66. The van der Waals surface area contributed by atoms with Gasteiger partial charge in [0, 0.05) is 35.3 Å². The van der Waals surface area contributed by atoms with Crippen molar-refractivity contribution in [3.63, 3.8) is 0 Å². The number of benzene rings is 2. The highest BCUT2D eigenvalue weighted by molar-refractivity contribution is 6.00. The first kappa shape index (κ1) is 13.3. The van der Waals surface area contributed by atoms with Crippen LogP contribution in [-0.4, -0.2) is 15.6 Å². The summed E-state index contributed by atoms with van der Waals surface area (Å²) >= 11 is 0. The Morgan fingerprint density at radius 3 is 2.62 bits per heavy atom. The fourth-order valence-electron chi connectivity index (χ4n) is 2.44. The van der Waals surface area contributed by atoms with Gasteiger partial charge in [0.05, 0.1) is 5.56 Å². The smallest absolute Gasteiger partial charge is 0.335 e. The quantitative estimate of drug-likeness (QED) is 0.778. The Kier molecular flexibility index (Phi) is 2.97. The second-order valence-electron chi connectivity index (χ2n) is 4.79. The summed E-state index contributed by atoms with van der Waals surface area (Å²) in [7, 11) is 1.73. The number of rotatable bonds is 2. The number of nitrogens with zero attached hydrogens (tertiary/aromatic N) is 1. The second-order valence-corrected chi connectivity index (χ2v) is 4.79. The summed E-state index contributed by atoms with van der Waals surface area (Å²) in [6, 6.07) is 8.57. The molecule has 0 aliphatic carbocycles. The van der Waals surface area contributed by atoms with Gasteiger partial charge in [0.1, 0.15) is 0 Å². The molecule has 3 aromatic rings. The molecule has 1 aromatic heterocycles. The van der Waals surface area contributed by atoms with Crippen LogP contribution in [0, 0.1) is 11.6 Å². The minimum Gasteiger partial charge on any atom is -0.478 e. The Balaban J connectivity index is 2.30. The number of carbonyl (C=O) groups is 1. The first-order chi connectivity index (χ1) is 9.99. The number of aromatic nitrogens is 1. The lowest BCUT2D eigenvalue weighted by Gasteiger charge is -2.03. The third-order valence-electron chi connectivity index (χ3n) is 3.48. The van der Waals surface area contributed by atoms with E-state index in [4.69, 9.17) is 5.11 Å². The lowest BCUT2D eigenvalue weighted by molar-refractivity contribution is 0.0697. The predicted molar refractivity (Wildman–Crippen MR) is 75.2 cm³/mol. The summed E-state index contributed by atoms with van der Waals surface area (Å²) in [5, 5.41) is 9.69. The maximum Gasteiger partial charge on any atom is 0.335 e. The number of halogens is 2. The van der Waals surface area contributed by atoms with Gasteiger partial charge in [-0.2, -0.15) is 0 Å². The minimum absolute atomic E-state index is 0.148. The van der Waals surface area contributed by atoms with Crippen molar-refractivity contribution in [3.8, 4) is 11.1 Å². The topological polar surface area (TPSA) is 42.2 Å².